The highest BCUT2D eigenvalue weighted by atomic mass is 32.2. The van der Waals surface area contributed by atoms with E-state index >= 15 is 0 Å². The van der Waals surface area contributed by atoms with Crippen LogP contribution < -0.4 is 8.37 Å². The first-order chi connectivity index (χ1) is 11.4. The van der Waals surface area contributed by atoms with Crippen LogP contribution in [-0.4, -0.2) is 0 Å². The molecule has 1 aliphatic carbocycles. The number of hydrogen-bond donors (Lipinski definition) is 0. The van der Waals surface area contributed by atoms with Gasteiger partial charge in [0.25, 0.3) is 12.3 Å². The number of rotatable bonds is 4. The summed E-state index contributed by atoms with van der Waals surface area (Å²) in [5.41, 5.74) is 0. The monoisotopic (exact) mass is 328 g/mol. The topological polar surface area (TPSA) is 18.5 Å². The summed E-state index contributed by atoms with van der Waals surface area (Å²) in [5.74, 6) is 1.55. The molecule has 2 aromatic carbocycles. The van der Waals surface area contributed by atoms with Gasteiger partial charge in [-0.2, -0.15) is 0 Å². The molecule has 0 heterocycles. The van der Waals surface area contributed by atoms with Gasteiger partial charge < -0.3 is 8.37 Å². The minimum atomic E-state index is 0.776. The van der Waals surface area contributed by atoms with E-state index in [9.17, 15) is 0 Å². The Balaban J connectivity index is 0.000000276. The van der Waals surface area contributed by atoms with E-state index in [0.717, 1.165) is 23.8 Å². The van der Waals surface area contributed by atoms with Crippen molar-refractivity contribution < 1.29 is 8.37 Å². The number of allylic oxidation sites excluding steroid dienone is 4. The van der Waals surface area contributed by atoms with Gasteiger partial charge in [-0.3, -0.25) is 0 Å². The molecule has 0 fully saturated rings. The maximum Gasteiger partial charge on any atom is 0.293 e. The highest BCUT2D eigenvalue weighted by molar-refractivity contribution is 7.90. The second-order valence-electron chi connectivity index (χ2n) is 4.29. The minimum absolute atomic E-state index is 0.776. The van der Waals surface area contributed by atoms with Crippen molar-refractivity contribution >= 4 is 12.3 Å². The van der Waals surface area contributed by atoms with E-state index in [0.29, 0.717) is 0 Å². The predicted octanol–water partition coefficient (Wildman–Crippen LogP) is 6.63. The quantitative estimate of drug-likeness (QED) is 0.587. The molecule has 0 aromatic heterocycles. The minimum Gasteiger partial charge on any atom is -0.391 e. The standard InChI is InChI=1S/C12H10O2S.C6H8.C2H6/c1-3-7-11(8-4-1)13-15-14-12-9-5-2-6-10-12;1-2-4-6-5-3-1;1-2/h1-10H;1-4H,5-6H2;1-2H3. The van der Waals surface area contributed by atoms with E-state index in [-0.39, 0.29) is 0 Å². The fraction of sp³-hybridized carbons (Fsp3) is 0.200. The van der Waals surface area contributed by atoms with Crippen molar-refractivity contribution in [3.63, 3.8) is 0 Å². The fourth-order valence-electron chi connectivity index (χ4n) is 1.59. The Labute approximate surface area is 144 Å². The molecule has 0 amide bonds. The predicted molar refractivity (Wildman–Crippen MR) is 101 cm³/mol. The molecule has 3 rings (SSSR count). The normalized spacial score (nSPS) is 11.4. The molecule has 0 unspecified atom stereocenters. The molecule has 1 aliphatic rings. The number of benzene rings is 2. The Morgan fingerprint density at radius 1 is 0.652 bits per heavy atom. The lowest BCUT2D eigenvalue weighted by Crippen LogP contribution is -1.86. The molecule has 3 heteroatoms. The van der Waals surface area contributed by atoms with Crippen LogP contribution in [0, 0.1) is 0 Å². The zero-order valence-corrected chi connectivity index (χ0v) is 14.5. The first-order valence-electron chi connectivity index (χ1n) is 7.88. The summed E-state index contributed by atoms with van der Waals surface area (Å²) in [7, 11) is 0. The van der Waals surface area contributed by atoms with Crippen LogP contribution >= 0.6 is 12.3 Å². The Morgan fingerprint density at radius 3 is 1.35 bits per heavy atom. The summed E-state index contributed by atoms with van der Waals surface area (Å²) >= 11 is 0.959. The zero-order chi connectivity index (χ0) is 16.6. The molecule has 23 heavy (non-hydrogen) atoms. The molecule has 2 nitrogen and oxygen atoms in total. The van der Waals surface area contributed by atoms with Crippen LogP contribution in [0.25, 0.3) is 0 Å². The molecular weight excluding hydrogens is 304 g/mol. The molecule has 0 bridgehead atoms. The Kier molecular flexibility index (Phi) is 11.1. The van der Waals surface area contributed by atoms with Crippen molar-refractivity contribution in [2.24, 2.45) is 0 Å². The van der Waals surface area contributed by atoms with Gasteiger partial charge in [0.15, 0.2) is 0 Å². The number of para-hydroxylation sites is 2. The van der Waals surface area contributed by atoms with Gasteiger partial charge >= 0.3 is 0 Å². The molecule has 0 N–H and O–H groups in total. The van der Waals surface area contributed by atoms with Crippen molar-refractivity contribution in [1.82, 2.24) is 0 Å². The van der Waals surface area contributed by atoms with Gasteiger partial charge in [0.2, 0.25) is 0 Å². The second kappa shape index (κ2) is 13.5. The molecule has 0 atom stereocenters. The van der Waals surface area contributed by atoms with Crippen molar-refractivity contribution in [3.05, 3.63) is 85.0 Å². The summed E-state index contributed by atoms with van der Waals surface area (Å²) < 4.78 is 10.6. The summed E-state index contributed by atoms with van der Waals surface area (Å²) in [4.78, 5) is 0. The first-order valence-corrected chi connectivity index (χ1v) is 8.55. The highest BCUT2D eigenvalue weighted by Crippen LogP contribution is 2.19. The fourth-order valence-corrected chi connectivity index (χ4v) is 2.00. The van der Waals surface area contributed by atoms with Crippen molar-refractivity contribution in [1.29, 1.82) is 0 Å². The van der Waals surface area contributed by atoms with Gasteiger partial charge in [-0.05, 0) is 37.1 Å². The van der Waals surface area contributed by atoms with E-state index in [2.05, 4.69) is 24.3 Å². The largest absolute Gasteiger partial charge is 0.391 e. The van der Waals surface area contributed by atoms with E-state index in [1.807, 2.05) is 74.5 Å². The maximum atomic E-state index is 5.30. The van der Waals surface area contributed by atoms with E-state index in [4.69, 9.17) is 8.37 Å². The van der Waals surface area contributed by atoms with E-state index in [1.54, 1.807) is 0 Å². The molecule has 0 radical (unpaired) electrons. The molecule has 0 saturated carbocycles. The van der Waals surface area contributed by atoms with Crippen LogP contribution in [-0.2, 0) is 0 Å². The van der Waals surface area contributed by atoms with Gasteiger partial charge in [0, 0.05) is 0 Å². The van der Waals surface area contributed by atoms with Crippen LogP contribution in [0.5, 0.6) is 11.5 Å². The third-order valence-corrected chi connectivity index (χ3v) is 3.15. The number of hydrogen-bond acceptors (Lipinski definition) is 3. The van der Waals surface area contributed by atoms with Gasteiger partial charge in [0.1, 0.15) is 11.5 Å². The van der Waals surface area contributed by atoms with Gasteiger partial charge in [-0.15, -0.1) is 0 Å². The maximum absolute atomic E-state index is 5.30. The lowest BCUT2D eigenvalue weighted by Gasteiger charge is -2.03. The van der Waals surface area contributed by atoms with Crippen LogP contribution in [0.2, 0.25) is 0 Å². The summed E-state index contributed by atoms with van der Waals surface area (Å²) in [6.45, 7) is 4.00. The second-order valence-corrected chi connectivity index (χ2v) is 4.76. The summed E-state index contributed by atoms with van der Waals surface area (Å²) in [5, 5.41) is 0. The SMILES string of the molecule is C1=CCCC=C1.CC.c1ccc(OSOc2ccccc2)cc1. The van der Waals surface area contributed by atoms with Crippen LogP contribution in [0.4, 0.5) is 0 Å². The Hall–Kier alpha value is -2.13. The summed E-state index contributed by atoms with van der Waals surface area (Å²) in [6, 6.07) is 19.0. The Bertz CT molecular complexity index is 499. The zero-order valence-electron chi connectivity index (χ0n) is 13.7. The summed E-state index contributed by atoms with van der Waals surface area (Å²) in [6.07, 6.45) is 11.0. The molecule has 2 aromatic rings. The van der Waals surface area contributed by atoms with Gasteiger partial charge in [0.05, 0.1) is 0 Å². The lowest BCUT2D eigenvalue weighted by molar-refractivity contribution is 0.540. The van der Waals surface area contributed by atoms with Gasteiger partial charge in [-0.1, -0.05) is 74.5 Å². The smallest absolute Gasteiger partial charge is 0.293 e. The molecule has 0 saturated heterocycles. The average molecular weight is 328 g/mol. The van der Waals surface area contributed by atoms with Crippen LogP contribution in [0.15, 0.2) is 85.0 Å². The molecule has 0 aliphatic heterocycles. The van der Waals surface area contributed by atoms with E-state index in [1.165, 1.54) is 12.8 Å². The van der Waals surface area contributed by atoms with Crippen LogP contribution in [0.3, 0.4) is 0 Å². The van der Waals surface area contributed by atoms with Crippen molar-refractivity contribution in [2.45, 2.75) is 26.7 Å². The highest BCUT2D eigenvalue weighted by Gasteiger charge is 1.95. The van der Waals surface area contributed by atoms with Crippen molar-refractivity contribution in [3.8, 4) is 11.5 Å². The third kappa shape index (κ3) is 9.48. The van der Waals surface area contributed by atoms with Crippen molar-refractivity contribution in [2.75, 3.05) is 0 Å². The lowest BCUT2D eigenvalue weighted by atomic mass is 10.2. The average Bonchev–Trinajstić information content (AvgIpc) is 2.67. The third-order valence-electron chi connectivity index (χ3n) is 2.63. The molecular formula is C20H24O2S. The van der Waals surface area contributed by atoms with E-state index < -0.39 is 0 Å². The molecule has 0 spiro atoms. The first kappa shape index (κ1) is 18.9. The molecule has 122 valence electrons. The Morgan fingerprint density at radius 2 is 1.04 bits per heavy atom. The van der Waals surface area contributed by atoms with Gasteiger partial charge in [-0.25, -0.2) is 0 Å². The van der Waals surface area contributed by atoms with Crippen LogP contribution in [0.1, 0.15) is 26.7 Å².